The number of hydrogen-bond donors (Lipinski definition) is 0. The molecule has 0 radical (unpaired) electrons. The molecule has 3 nitrogen and oxygen atoms in total. The van der Waals surface area contributed by atoms with E-state index in [9.17, 15) is 0 Å². The monoisotopic (exact) mass is 243 g/mol. The highest BCUT2D eigenvalue weighted by atomic mass is 16.7. The first-order chi connectivity index (χ1) is 8.23. The van der Waals surface area contributed by atoms with Crippen molar-refractivity contribution in [1.82, 2.24) is 4.90 Å². The molecule has 0 heterocycles. The summed E-state index contributed by atoms with van der Waals surface area (Å²) in [5, 5.41) is 0. The van der Waals surface area contributed by atoms with Crippen LogP contribution in [0.5, 0.6) is 0 Å². The molecule has 0 aromatic carbocycles. The Labute approximate surface area is 107 Å². The number of nitrogens with zero attached hydrogens (tertiary/aromatic N) is 1. The molecule has 0 aliphatic heterocycles. The summed E-state index contributed by atoms with van der Waals surface area (Å²) in [4.78, 5) is 2.38. The van der Waals surface area contributed by atoms with Crippen LogP contribution in [0.3, 0.4) is 0 Å². The molecule has 102 valence electrons. The van der Waals surface area contributed by atoms with Crippen molar-refractivity contribution in [3.63, 3.8) is 0 Å². The van der Waals surface area contributed by atoms with Crippen LogP contribution in [0.4, 0.5) is 0 Å². The van der Waals surface area contributed by atoms with Crippen LogP contribution in [0.25, 0.3) is 0 Å². The zero-order valence-corrected chi connectivity index (χ0v) is 12.2. The minimum Gasteiger partial charge on any atom is -0.349 e. The lowest BCUT2D eigenvalue weighted by atomic mass is 10.2. The summed E-state index contributed by atoms with van der Waals surface area (Å²) in [7, 11) is 0. The minimum atomic E-state index is -0.175. The van der Waals surface area contributed by atoms with Crippen LogP contribution < -0.4 is 0 Å². The summed E-state index contributed by atoms with van der Waals surface area (Å²) in [6, 6.07) is 0. The number of likely N-dealkylation sites (N-methyl/N-ethyl adjacent to an activating group) is 1. The molecule has 0 unspecified atom stereocenters. The lowest BCUT2D eigenvalue weighted by Gasteiger charge is -2.25. The van der Waals surface area contributed by atoms with Gasteiger partial charge in [-0.05, 0) is 38.9 Å². The molecule has 0 aromatic heterocycles. The molecule has 0 aliphatic carbocycles. The van der Waals surface area contributed by atoms with E-state index in [1.165, 1.54) is 5.57 Å². The SMILES string of the molecule is CC/C=C(\CN(CC)CC)C(OCC)OCC. The highest BCUT2D eigenvalue weighted by molar-refractivity contribution is 5.08. The van der Waals surface area contributed by atoms with Gasteiger partial charge in [-0.25, -0.2) is 0 Å². The quantitative estimate of drug-likeness (QED) is 0.435. The van der Waals surface area contributed by atoms with Gasteiger partial charge in [-0.2, -0.15) is 0 Å². The summed E-state index contributed by atoms with van der Waals surface area (Å²) < 4.78 is 11.3. The van der Waals surface area contributed by atoms with E-state index in [-0.39, 0.29) is 6.29 Å². The van der Waals surface area contributed by atoms with Crippen molar-refractivity contribution in [3.8, 4) is 0 Å². The molecule has 0 aliphatic rings. The Morgan fingerprint density at radius 1 is 1.00 bits per heavy atom. The van der Waals surface area contributed by atoms with Gasteiger partial charge in [0.1, 0.15) is 0 Å². The second-order valence-electron chi connectivity index (χ2n) is 3.89. The van der Waals surface area contributed by atoms with Crippen LogP contribution in [-0.4, -0.2) is 44.0 Å². The van der Waals surface area contributed by atoms with Gasteiger partial charge in [-0.15, -0.1) is 0 Å². The van der Waals surface area contributed by atoms with Gasteiger partial charge in [-0.1, -0.05) is 26.8 Å². The molecule has 0 bridgehead atoms. The highest BCUT2D eigenvalue weighted by Gasteiger charge is 2.16. The van der Waals surface area contributed by atoms with Crippen LogP contribution in [0, 0.1) is 0 Å². The van der Waals surface area contributed by atoms with Gasteiger partial charge in [0.05, 0.1) is 0 Å². The van der Waals surface area contributed by atoms with Gasteiger partial charge in [0.25, 0.3) is 0 Å². The Hall–Kier alpha value is -0.380. The molecule has 17 heavy (non-hydrogen) atoms. The van der Waals surface area contributed by atoms with E-state index >= 15 is 0 Å². The van der Waals surface area contributed by atoms with Crippen molar-refractivity contribution in [2.75, 3.05) is 32.8 Å². The number of ether oxygens (including phenoxy) is 2. The van der Waals surface area contributed by atoms with Gasteiger partial charge in [0.15, 0.2) is 6.29 Å². The molecule has 0 amide bonds. The van der Waals surface area contributed by atoms with Crippen LogP contribution in [0.2, 0.25) is 0 Å². The molecule has 0 saturated heterocycles. The second-order valence-corrected chi connectivity index (χ2v) is 3.89. The fraction of sp³-hybridized carbons (Fsp3) is 0.857. The third-order valence-electron chi connectivity index (χ3n) is 2.71. The Morgan fingerprint density at radius 3 is 1.88 bits per heavy atom. The Bertz CT molecular complexity index is 194. The average Bonchev–Trinajstić information content (AvgIpc) is 2.34. The van der Waals surface area contributed by atoms with E-state index in [0.717, 1.165) is 26.1 Å². The molecule has 3 heteroatoms. The predicted octanol–water partition coefficient (Wildman–Crippen LogP) is 3.06. The van der Waals surface area contributed by atoms with E-state index in [1.54, 1.807) is 0 Å². The third-order valence-corrected chi connectivity index (χ3v) is 2.71. The van der Waals surface area contributed by atoms with E-state index in [1.807, 2.05) is 13.8 Å². The number of hydrogen-bond acceptors (Lipinski definition) is 3. The van der Waals surface area contributed by atoms with Gasteiger partial charge < -0.3 is 9.47 Å². The van der Waals surface area contributed by atoms with E-state index < -0.39 is 0 Å². The average molecular weight is 243 g/mol. The molecular weight excluding hydrogens is 214 g/mol. The highest BCUT2D eigenvalue weighted by Crippen LogP contribution is 2.12. The third kappa shape index (κ3) is 6.81. The molecule has 0 N–H and O–H groups in total. The minimum absolute atomic E-state index is 0.175. The summed E-state index contributed by atoms with van der Waals surface area (Å²) in [6.45, 7) is 15.0. The normalized spacial score (nSPS) is 12.8. The van der Waals surface area contributed by atoms with Crippen molar-refractivity contribution < 1.29 is 9.47 Å². The molecular formula is C14H29NO2. The van der Waals surface area contributed by atoms with Gasteiger partial charge >= 0.3 is 0 Å². The van der Waals surface area contributed by atoms with E-state index in [4.69, 9.17) is 9.47 Å². The number of allylic oxidation sites excluding steroid dienone is 1. The van der Waals surface area contributed by atoms with Gasteiger partial charge in [0, 0.05) is 19.8 Å². The van der Waals surface area contributed by atoms with Crippen molar-refractivity contribution in [3.05, 3.63) is 11.6 Å². The maximum Gasteiger partial charge on any atom is 0.180 e. The van der Waals surface area contributed by atoms with E-state index in [2.05, 4.69) is 31.7 Å². The van der Waals surface area contributed by atoms with Crippen molar-refractivity contribution in [2.45, 2.75) is 47.3 Å². The Balaban J connectivity index is 4.60. The van der Waals surface area contributed by atoms with Crippen LogP contribution in [0.1, 0.15) is 41.0 Å². The first-order valence-electron chi connectivity index (χ1n) is 6.87. The smallest absolute Gasteiger partial charge is 0.180 e. The fourth-order valence-corrected chi connectivity index (χ4v) is 1.77. The zero-order chi connectivity index (χ0) is 13.1. The van der Waals surface area contributed by atoms with Crippen molar-refractivity contribution >= 4 is 0 Å². The van der Waals surface area contributed by atoms with E-state index in [0.29, 0.717) is 13.2 Å². The Kier molecular flexibility index (Phi) is 10.5. The zero-order valence-electron chi connectivity index (χ0n) is 12.2. The lowest BCUT2D eigenvalue weighted by Crippen LogP contribution is -2.31. The second kappa shape index (κ2) is 10.8. The topological polar surface area (TPSA) is 21.7 Å². The summed E-state index contributed by atoms with van der Waals surface area (Å²) in [5.41, 5.74) is 1.25. The lowest BCUT2D eigenvalue weighted by molar-refractivity contribution is -0.113. The van der Waals surface area contributed by atoms with Crippen LogP contribution >= 0.6 is 0 Å². The molecule has 0 rings (SSSR count). The molecule has 0 spiro atoms. The molecule has 0 aromatic rings. The number of rotatable bonds is 10. The van der Waals surface area contributed by atoms with Gasteiger partial charge in [0.2, 0.25) is 0 Å². The Morgan fingerprint density at radius 2 is 1.53 bits per heavy atom. The summed E-state index contributed by atoms with van der Waals surface area (Å²) in [6.07, 6.45) is 3.08. The summed E-state index contributed by atoms with van der Waals surface area (Å²) >= 11 is 0. The molecule has 0 saturated carbocycles. The predicted molar refractivity (Wildman–Crippen MR) is 73.2 cm³/mol. The fourth-order valence-electron chi connectivity index (χ4n) is 1.77. The largest absolute Gasteiger partial charge is 0.349 e. The molecule has 0 atom stereocenters. The van der Waals surface area contributed by atoms with Crippen molar-refractivity contribution in [1.29, 1.82) is 0 Å². The van der Waals surface area contributed by atoms with Gasteiger partial charge in [-0.3, -0.25) is 4.90 Å². The first-order valence-corrected chi connectivity index (χ1v) is 6.87. The van der Waals surface area contributed by atoms with Crippen LogP contribution in [0.15, 0.2) is 11.6 Å². The molecule has 0 fully saturated rings. The first kappa shape index (κ1) is 16.6. The summed E-state index contributed by atoms with van der Waals surface area (Å²) in [5.74, 6) is 0. The maximum atomic E-state index is 5.67. The van der Waals surface area contributed by atoms with Crippen molar-refractivity contribution in [2.24, 2.45) is 0 Å². The standard InChI is InChI=1S/C14H29NO2/c1-6-11-13(12-15(7-2)8-3)14(16-9-4)17-10-5/h11,14H,6-10,12H2,1-5H3/b13-11+. The maximum absolute atomic E-state index is 5.67. The van der Waals surface area contributed by atoms with Crippen LogP contribution in [-0.2, 0) is 9.47 Å².